The Labute approximate surface area is 103 Å². The molecule has 0 N–H and O–H groups in total. The lowest BCUT2D eigenvalue weighted by atomic mass is 9.95. The monoisotopic (exact) mass is 232 g/mol. The van der Waals surface area contributed by atoms with E-state index in [1.165, 1.54) is 49.0 Å². The highest BCUT2D eigenvalue weighted by Crippen LogP contribution is 2.26. The van der Waals surface area contributed by atoms with Crippen LogP contribution in [0.1, 0.15) is 44.1 Å². The van der Waals surface area contributed by atoms with Gasteiger partial charge in [0.15, 0.2) is 0 Å². The van der Waals surface area contributed by atoms with Gasteiger partial charge in [0.05, 0.1) is 0 Å². The zero-order valence-corrected chi connectivity index (χ0v) is 10.9. The SMILES string of the molecule is CSc1ccc(/C2=C/CCCCCC2)cc1. The van der Waals surface area contributed by atoms with Crippen molar-refractivity contribution < 1.29 is 0 Å². The maximum absolute atomic E-state index is 2.45. The predicted octanol–water partition coefficient (Wildman–Crippen LogP) is 5.15. The van der Waals surface area contributed by atoms with E-state index in [1.54, 1.807) is 5.57 Å². The van der Waals surface area contributed by atoms with E-state index in [9.17, 15) is 0 Å². The van der Waals surface area contributed by atoms with Gasteiger partial charge in [0.1, 0.15) is 0 Å². The van der Waals surface area contributed by atoms with Crippen molar-refractivity contribution in [3.63, 3.8) is 0 Å². The van der Waals surface area contributed by atoms with Gasteiger partial charge in [0.25, 0.3) is 0 Å². The van der Waals surface area contributed by atoms with E-state index in [1.807, 2.05) is 11.8 Å². The third kappa shape index (κ3) is 3.15. The Morgan fingerprint density at radius 3 is 2.44 bits per heavy atom. The van der Waals surface area contributed by atoms with Crippen molar-refractivity contribution in [2.75, 3.05) is 6.26 Å². The number of rotatable bonds is 2. The smallest absolute Gasteiger partial charge is 0.00695 e. The van der Waals surface area contributed by atoms with Crippen molar-refractivity contribution in [2.24, 2.45) is 0 Å². The van der Waals surface area contributed by atoms with Gasteiger partial charge < -0.3 is 0 Å². The molecule has 0 atom stereocenters. The largest absolute Gasteiger partial charge is 0.130 e. The summed E-state index contributed by atoms with van der Waals surface area (Å²) < 4.78 is 0. The molecule has 2 rings (SSSR count). The summed E-state index contributed by atoms with van der Waals surface area (Å²) in [6, 6.07) is 9.03. The molecule has 0 amide bonds. The van der Waals surface area contributed by atoms with Gasteiger partial charge in [-0.2, -0.15) is 0 Å². The van der Waals surface area contributed by atoms with Gasteiger partial charge in [-0.3, -0.25) is 0 Å². The van der Waals surface area contributed by atoms with Crippen molar-refractivity contribution in [1.82, 2.24) is 0 Å². The Hall–Kier alpha value is -0.690. The molecule has 0 aliphatic heterocycles. The molecule has 0 aromatic heterocycles. The van der Waals surface area contributed by atoms with Crippen LogP contribution in [0.5, 0.6) is 0 Å². The molecular formula is C15H20S. The minimum atomic E-state index is 1.26. The van der Waals surface area contributed by atoms with Gasteiger partial charge >= 0.3 is 0 Å². The van der Waals surface area contributed by atoms with Crippen LogP contribution >= 0.6 is 11.8 Å². The average Bonchev–Trinajstić information content (AvgIpc) is 2.29. The molecule has 1 aromatic rings. The topological polar surface area (TPSA) is 0 Å². The predicted molar refractivity (Wildman–Crippen MR) is 73.9 cm³/mol. The van der Waals surface area contributed by atoms with E-state index < -0.39 is 0 Å². The normalized spacial score (nSPS) is 20.7. The van der Waals surface area contributed by atoms with Crippen LogP contribution in [0.25, 0.3) is 5.57 Å². The molecule has 0 unspecified atom stereocenters. The molecule has 0 fully saturated rings. The average molecular weight is 232 g/mol. The molecule has 0 spiro atoms. The van der Waals surface area contributed by atoms with E-state index in [0.717, 1.165) is 0 Å². The van der Waals surface area contributed by atoms with Gasteiger partial charge in [-0.1, -0.05) is 31.1 Å². The molecular weight excluding hydrogens is 212 g/mol. The summed E-state index contributed by atoms with van der Waals surface area (Å²) in [5.41, 5.74) is 2.99. The maximum atomic E-state index is 2.45. The molecule has 0 nitrogen and oxygen atoms in total. The van der Waals surface area contributed by atoms with E-state index in [0.29, 0.717) is 0 Å². The summed E-state index contributed by atoms with van der Waals surface area (Å²) in [4.78, 5) is 1.36. The van der Waals surface area contributed by atoms with Crippen LogP contribution in [-0.2, 0) is 0 Å². The maximum Gasteiger partial charge on any atom is 0.00695 e. The van der Waals surface area contributed by atoms with Crippen LogP contribution < -0.4 is 0 Å². The fourth-order valence-electron chi connectivity index (χ4n) is 2.26. The van der Waals surface area contributed by atoms with Crippen LogP contribution in [0.3, 0.4) is 0 Å². The van der Waals surface area contributed by atoms with Crippen molar-refractivity contribution in [3.05, 3.63) is 35.9 Å². The first-order valence-corrected chi connectivity index (χ1v) is 7.46. The Kier molecular flexibility index (Phi) is 4.53. The van der Waals surface area contributed by atoms with Crippen LogP contribution in [-0.4, -0.2) is 6.26 Å². The fraction of sp³-hybridized carbons (Fsp3) is 0.467. The molecule has 1 aromatic carbocycles. The Bertz CT molecular complexity index is 348. The molecule has 86 valence electrons. The third-order valence-corrected chi connectivity index (χ3v) is 4.00. The molecule has 0 saturated heterocycles. The molecule has 16 heavy (non-hydrogen) atoms. The first kappa shape index (κ1) is 11.8. The number of benzene rings is 1. The van der Waals surface area contributed by atoms with Crippen LogP contribution in [0.2, 0.25) is 0 Å². The van der Waals surface area contributed by atoms with Crippen LogP contribution in [0.4, 0.5) is 0 Å². The third-order valence-electron chi connectivity index (χ3n) is 3.25. The van der Waals surface area contributed by atoms with Crippen molar-refractivity contribution in [3.8, 4) is 0 Å². The second-order valence-electron chi connectivity index (χ2n) is 4.41. The Morgan fingerprint density at radius 2 is 1.69 bits per heavy atom. The van der Waals surface area contributed by atoms with Gasteiger partial charge in [-0.25, -0.2) is 0 Å². The molecule has 1 heteroatoms. The number of thioether (sulfide) groups is 1. The van der Waals surface area contributed by atoms with E-state index in [2.05, 4.69) is 36.6 Å². The number of hydrogen-bond donors (Lipinski definition) is 0. The minimum absolute atomic E-state index is 1.26. The van der Waals surface area contributed by atoms with E-state index in [-0.39, 0.29) is 0 Å². The molecule has 0 bridgehead atoms. The summed E-state index contributed by atoms with van der Waals surface area (Å²) in [5.74, 6) is 0. The zero-order valence-electron chi connectivity index (χ0n) is 10.0. The van der Waals surface area contributed by atoms with E-state index in [4.69, 9.17) is 0 Å². The summed E-state index contributed by atoms with van der Waals surface area (Å²) in [6.45, 7) is 0. The lowest BCUT2D eigenvalue weighted by Crippen LogP contribution is -1.90. The molecule has 0 saturated carbocycles. The molecule has 0 heterocycles. The Balaban J connectivity index is 2.14. The minimum Gasteiger partial charge on any atom is -0.130 e. The van der Waals surface area contributed by atoms with Gasteiger partial charge in [0.2, 0.25) is 0 Å². The van der Waals surface area contributed by atoms with Gasteiger partial charge in [-0.15, -0.1) is 11.8 Å². The summed E-state index contributed by atoms with van der Waals surface area (Å²) in [7, 11) is 0. The van der Waals surface area contributed by atoms with Crippen molar-refractivity contribution >= 4 is 17.3 Å². The van der Waals surface area contributed by atoms with Crippen molar-refractivity contribution in [1.29, 1.82) is 0 Å². The van der Waals surface area contributed by atoms with Crippen molar-refractivity contribution in [2.45, 2.75) is 43.4 Å². The lowest BCUT2D eigenvalue weighted by Gasteiger charge is -2.12. The first-order valence-electron chi connectivity index (χ1n) is 6.23. The molecule has 1 aliphatic carbocycles. The number of hydrogen-bond acceptors (Lipinski definition) is 1. The van der Waals surface area contributed by atoms with E-state index >= 15 is 0 Å². The highest BCUT2D eigenvalue weighted by molar-refractivity contribution is 7.98. The van der Waals surface area contributed by atoms with Gasteiger partial charge in [-0.05, 0) is 55.2 Å². The molecule has 0 radical (unpaired) electrons. The standard InChI is InChI=1S/C15H20S/c1-16-15-11-9-14(10-12-15)13-7-5-3-2-4-6-8-13/h7,9-12H,2-6,8H2,1H3/b13-7+. The quantitative estimate of drug-likeness (QED) is 0.636. The lowest BCUT2D eigenvalue weighted by molar-refractivity contribution is 0.643. The Morgan fingerprint density at radius 1 is 0.938 bits per heavy atom. The first-order chi connectivity index (χ1) is 7.90. The van der Waals surface area contributed by atoms with Crippen LogP contribution in [0.15, 0.2) is 35.2 Å². The van der Waals surface area contributed by atoms with Gasteiger partial charge in [0, 0.05) is 4.90 Å². The highest BCUT2D eigenvalue weighted by atomic mass is 32.2. The zero-order chi connectivity index (χ0) is 11.2. The number of allylic oxidation sites excluding steroid dienone is 2. The molecule has 1 aliphatic rings. The summed E-state index contributed by atoms with van der Waals surface area (Å²) >= 11 is 1.81. The second-order valence-corrected chi connectivity index (χ2v) is 5.29. The summed E-state index contributed by atoms with van der Waals surface area (Å²) in [5, 5.41) is 0. The highest BCUT2D eigenvalue weighted by Gasteiger charge is 2.04. The van der Waals surface area contributed by atoms with Crippen LogP contribution in [0, 0.1) is 0 Å². The fourth-order valence-corrected chi connectivity index (χ4v) is 2.67. The second kappa shape index (κ2) is 6.15. The summed E-state index contributed by atoms with van der Waals surface area (Å²) in [6.07, 6.45) is 12.6.